The van der Waals surface area contributed by atoms with Gasteiger partial charge in [-0.25, -0.2) is 13.4 Å². The number of rotatable bonds is 11. The van der Waals surface area contributed by atoms with Gasteiger partial charge < -0.3 is 28.7 Å². The maximum atomic E-state index is 15.3. The third-order valence-electron chi connectivity index (χ3n) is 14.1. The number of carbonyl (C=O) groups is 4. The quantitative estimate of drug-likeness (QED) is 0.257. The number of hydrogen-bond donors (Lipinski definition) is 1. The molecule has 1 aromatic carbocycles. The van der Waals surface area contributed by atoms with Crippen molar-refractivity contribution >= 4 is 50.5 Å². The van der Waals surface area contributed by atoms with Crippen molar-refractivity contribution in [3.63, 3.8) is 0 Å². The lowest BCUT2D eigenvalue weighted by molar-refractivity contribution is -0.147. The summed E-state index contributed by atoms with van der Waals surface area (Å²) in [5, 5.41) is 0.0872. The van der Waals surface area contributed by atoms with Gasteiger partial charge in [0.05, 0.1) is 48.6 Å². The Labute approximate surface area is 365 Å². The van der Waals surface area contributed by atoms with Crippen molar-refractivity contribution in [1.29, 1.82) is 0 Å². The first-order valence-electron chi connectivity index (χ1n) is 22.8. The molecule has 3 saturated carbocycles. The highest BCUT2D eigenvalue weighted by Gasteiger charge is 2.61. The molecule has 4 aliphatic heterocycles. The summed E-state index contributed by atoms with van der Waals surface area (Å²) in [6.45, 7) is 7.91. The van der Waals surface area contributed by atoms with E-state index in [1.165, 1.54) is 0 Å². The zero-order chi connectivity index (χ0) is 43.6. The molecule has 6 bridgehead atoms. The molecule has 14 nitrogen and oxygen atoms in total. The summed E-state index contributed by atoms with van der Waals surface area (Å²) in [5.41, 5.74) is 0.123. The Kier molecular flexibility index (Phi) is 13.3. The van der Waals surface area contributed by atoms with Crippen molar-refractivity contribution in [2.24, 2.45) is 23.2 Å². The van der Waals surface area contributed by atoms with Crippen LogP contribution in [0.3, 0.4) is 0 Å². The highest BCUT2D eigenvalue weighted by atomic mass is 32.2. The molecule has 7 aliphatic rings. The molecule has 1 N–H and O–H groups in total. The van der Waals surface area contributed by atoms with Crippen LogP contribution < -0.4 is 18.9 Å². The number of carbonyl (C=O) groups excluding carboxylic acids is 4. The number of allylic oxidation sites excluding steroid dienone is 2. The van der Waals surface area contributed by atoms with E-state index in [2.05, 4.69) is 17.4 Å². The number of benzene rings is 1. The Morgan fingerprint density at radius 3 is 2.50 bits per heavy atom. The smallest absolute Gasteiger partial charge is 0.240 e. The Morgan fingerprint density at radius 2 is 1.81 bits per heavy atom. The molecule has 5 fully saturated rings. The molecular weight excluding hydrogens is 813 g/mol. The van der Waals surface area contributed by atoms with Crippen LogP contribution in [-0.2, 0) is 33.9 Å². The van der Waals surface area contributed by atoms with Gasteiger partial charge in [-0.15, -0.1) is 6.58 Å². The zero-order valence-corrected chi connectivity index (χ0v) is 37.0. The van der Waals surface area contributed by atoms with E-state index in [0.29, 0.717) is 67.4 Å². The van der Waals surface area contributed by atoms with E-state index in [1.54, 1.807) is 24.2 Å². The summed E-state index contributed by atoms with van der Waals surface area (Å²) >= 11 is 0. The monoisotopic (exact) mass is 874 g/mol. The lowest BCUT2D eigenvalue weighted by Gasteiger charge is -2.36. The van der Waals surface area contributed by atoms with E-state index in [9.17, 15) is 22.8 Å². The lowest BCUT2D eigenvalue weighted by atomic mass is 9.77. The van der Waals surface area contributed by atoms with E-state index in [-0.39, 0.29) is 61.8 Å². The summed E-state index contributed by atoms with van der Waals surface area (Å²) in [7, 11) is -2.25. The third-order valence-corrected chi connectivity index (χ3v) is 15.9. The zero-order valence-electron chi connectivity index (χ0n) is 36.2. The molecule has 5 heterocycles. The van der Waals surface area contributed by atoms with Crippen LogP contribution in [-0.4, -0.2) is 110 Å². The Morgan fingerprint density at radius 1 is 1.03 bits per heavy atom. The number of ketones is 1. The normalized spacial score (nSPS) is 29.4. The third kappa shape index (κ3) is 9.53. The van der Waals surface area contributed by atoms with E-state index in [4.69, 9.17) is 23.9 Å². The molecule has 2 aromatic rings. The second-order valence-electron chi connectivity index (χ2n) is 18.2. The molecule has 2 saturated heterocycles. The Balaban J connectivity index is 1.16. The van der Waals surface area contributed by atoms with Crippen LogP contribution in [0.5, 0.6) is 17.4 Å². The number of methoxy groups -OCH3 is 1. The minimum Gasteiger partial charge on any atom is -0.496 e. The van der Waals surface area contributed by atoms with Crippen LogP contribution in [0.15, 0.2) is 36.9 Å². The lowest BCUT2D eigenvalue weighted by Crippen LogP contribution is -2.49. The SMILES string of the molecule is C=C[C@H]1C[C@]1(CC(=O)[C@@H]1C[C@H]2CN1C(=O)[C@H](C1CCCCC1)CC(=O)N1CCC(CC1)OCCC/C=C/c1cc3c(cc(OCC)nc3cc1OC)O2)C(=O)NS(=O)(=O)C1CC1. The van der Waals surface area contributed by atoms with Crippen molar-refractivity contribution < 1.29 is 46.5 Å². The van der Waals surface area contributed by atoms with Gasteiger partial charge in [-0.1, -0.05) is 37.5 Å². The first kappa shape index (κ1) is 44.1. The summed E-state index contributed by atoms with van der Waals surface area (Å²) in [6, 6.07) is 4.57. The molecule has 0 radical (unpaired) electrons. The topological polar surface area (TPSA) is 171 Å². The van der Waals surface area contributed by atoms with Crippen molar-refractivity contribution in [2.75, 3.05) is 40.0 Å². The molecule has 0 spiro atoms. The molecule has 336 valence electrons. The first-order valence-corrected chi connectivity index (χ1v) is 24.4. The Bertz CT molecular complexity index is 2180. The van der Waals surface area contributed by atoms with Crippen LogP contribution in [0.2, 0.25) is 0 Å². The number of nitrogens with one attached hydrogen (secondary N) is 1. The van der Waals surface area contributed by atoms with Crippen LogP contribution >= 0.6 is 0 Å². The van der Waals surface area contributed by atoms with Gasteiger partial charge in [-0.3, -0.25) is 23.9 Å². The number of amides is 3. The molecule has 9 rings (SSSR count). The predicted octanol–water partition coefficient (Wildman–Crippen LogP) is 6.15. The first-order chi connectivity index (χ1) is 29.9. The van der Waals surface area contributed by atoms with Gasteiger partial charge >= 0.3 is 0 Å². The molecule has 1 aromatic heterocycles. The fourth-order valence-corrected chi connectivity index (χ4v) is 11.6. The molecule has 3 aliphatic carbocycles. The minimum atomic E-state index is -3.87. The van der Waals surface area contributed by atoms with Crippen LogP contribution in [0, 0.1) is 23.2 Å². The number of piperidine rings is 1. The number of Topliss-reactive ketones (excluding diaryl/α,β-unsaturated/α-hetero) is 1. The summed E-state index contributed by atoms with van der Waals surface area (Å²) < 4.78 is 52.9. The number of ether oxygens (including phenoxy) is 4. The average molecular weight is 875 g/mol. The molecule has 3 amide bonds. The van der Waals surface area contributed by atoms with Gasteiger partial charge in [0.15, 0.2) is 5.78 Å². The van der Waals surface area contributed by atoms with E-state index < -0.39 is 50.6 Å². The van der Waals surface area contributed by atoms with E-state index in [1.807, 2.05) is 30.0 Å². The standard InChI is InChI=1S/C47H62N4O10S/c1-4-32-27-47(32,46(55)49-62(56,57)35-15-16-35)28-40(52)39-23-34-29-51(39)45(54)36(30-12-8-6-9-13-30)24-44(53)50-19-17-33(18-20-50)60-21-11-7-10-14-31-22-37-38(25-41(31)58-3)48-43(59-5-2)26-42(37)61-34/h4,10,14,22,25-26,30,32-36,39H,1,5-9,11-13,15-21,23-24,27-29H2,2-3H3,(H,49,55)/b14-10+/t32-,34-,36-,39-,47+/m0/s1. The molecule has 0 unspecified atom stereocenters. The van der Waals surface area contributed by atoms with Crippen LogP contribution in [0.25, 0.3) is 17.0 Å². The van der Waals surface area contributed by atoms with Gasteiger partial charge in [-0.2, -0.15) is 0 Å². The molecular formula is C47H62N4O10S. The fraction of sp³-hybridized carbons (Fsp3) is 0.638. The van der Waals surface area contributed by atoms with Crippen LogP contribution in [0.4, 0.5) is 0 Å². The van der Waals surface area contributed by atoms with Crippen molar-refractivity contribution in [1.82, 2.24) is 19.5 Å². The van der Waals surface area contributed by atoms with Gasteiger partial charge in [0.25, 0.3) is 0 Å². The summed E-state index contributed by atoms with van der Waals surface area (Å²) in [6.07, 6.45) is 14.0. The second-order valence-corrected chi connectivity index (χ2v) is 20.2. The Hall–Kier alpha value is -4.50. The van der Waals surface area contributed by atoms with E-state index in [0.717, 1.165) is 63.4 Å². The number of aromatic nitrogens is 1. The number of nitrogens with zero attached hydrogens (tertiary/aromatic N) is 3. The van der Waals surface area contributed by atoms with Crippen LogP contribution in [0.1, 0.15) is 109 Å². The maximum Gasteiger partial charge on any atom is 0.240 e. The molecule has 15 heteroatoms. The van der Waals surface area contributed by atoms with Gasteiger partial charge in [0.2, 0.25) is 33.6 Å². The fourth-order valence-electron chi connectivity index (χ4n) is 10.2. The van der Waals surface area contributed by atoms with Gasteiger partial charge in [-0.05, 0) is 82.6 Å². The summed E-state index contributed by atoms with van der Waals surface area (Å²) in [4.78, 5) is 66.3. The van der Waals surface area contributed by atoms with Crippen molar-refractivity contribution in [2.45, 2.75) is 127 Å². The second kappa shape index (κ2) is 18.7. The maximum absolute atomic E-state index is 15.3. The van der Waals surface area contributed by atoms with Crippen molar-refractivity contribution in [3.8, 4) is 17.4 Å². The predicted molar refractivity (Wildman–Crippen MR) is 233 cm³/mol. The van der Waals surface area contributed by atoms with E-state index >= 15 is 4.79 Å². The van der Waals surface area contributed by atoms with Gasteiger partial charge in [0, 0.05) is 68.0 Å². The number of sulfonamides is 1. The number of hydrogen-bond acceptors (Lipinski definition) is 11. The average Bonchev–Trinajstić information content (AvgIpc) is 4.20. The minimum absolute atomic E-state index is 0.0278. The largest absolute Gasteiger partial charge is 0.496 e. The summed E-state index contributed by atoms with van der Waals surface area (Å²) in [5.74, 6) is -0.988. The van der Waals surface area contributed by atoms with Crippen molar-refractivity contribution in [3.05, 3.63) is 42.5 Å². The molecule has 5 atom stereocenters. The highest BCUT2D eigenvalue weighted by molar-refractivity contribution is 7.90. The highest BCUT2D eigenvalue weighted by Crippen LogP contribution is 2.57. The number of pyridine rings is 1. The number of fused-ring (bicyclic) bond motifs is 9. The van der Waals surface area contributed by atoms with Gasteiger partial charge in [0.1, 0.15) is 17.6 Å². The molecule has 62 heavy (non-hydrogen) atoms.